The Morgan fingerprint density at radius 2 is 1.88 bits per heavy atom. The lowest BCUT2D eigenvalue weighted by molar-refractivity contribution is 0.397. The molecule has 0 fully saturated rings. The Morgan fingerprint density at radius 3 is 2.54 bits per heavy atom. The molecule has 0 aliphatic rings. The molecule has 2 N–H and O–H groups in total. The highest BCUT2D eigenvalue weighted by Crippen LogP contribution is 2.19. The molecule has 0 radical (unpaired) electrons. The zero-order valence-electron chi connectivity index (χ0n) is 16.0. The molecule has 0 amide bonds. The van der Waals surface area contributed by atoms with Crippen molar-refractivity contribution >= 4 is 5.96 Å². The van der Waals surface area contributed by atoms with E-state index in [2.05, 4.69) is 45.7 Å². The van der Waals surface area contributed by atoms with Crippen LogP contribution in [-0.2, 0) is 13.0 Å². The van der Waals surface area contributed by atoms with Gasteiger partial charge in [-0.15, -0.1) is 0 Å². The summed E-state index contributed by atoms with van der Waals surface area (Å²) in [6.45, 7) is 6.26. The summed E-state index contributed by atoms with van der Waals surface area (Å²) in [5.74, 6) is 2.33. The number of aromatic nitrogens is 1. The van der Waals surface area contributed by atoms with Crippen molar-refractivity contribution < 1.29 is 9.47 Å². The number of benzene rings is 1. The van der Waals surface area contributed by atoms with Crippen molar-refractivity contribution in [1.82, 2.24) is 15.6 Å². The summed E-state index contributed by atoms with van der Waals surface area (Å²) in [6, 6.07) is 10.1. The highest BCUT2D eigenvalue weighted by Gasteiger charge is 2.02. The third-order valence-corrected chi connectivity index (χ3v) is 3.95. The summed E-state index contributed by atoms with van der Waals surface area (Å²) >= 11 is 0. The lowest BCUT2D eigenvalue weighted by atomic mass is 10.1. The van der Waals surface area contributed by atoms with Gasteiger partial charge in [0.15, 0.2) is 5.96 Å². The first-order chi connectivity index (χ1) is 12.7. The van der Waals surface area contributed by atoms with Crippen LogP contribution in [0.4, 0.5) is 0 Å². The van der Waals surface area contributed by atoms with Crippen LogP contribution in [0.2, 0.25) is 0 Å². The van der Waals surface area contributed by atoms with Crippen molar-refractivity contribution in [1.29, 1.82) is 0 Å². The molecule has 1 aromatic heterocycles. The Bertz CT molecular complexity index is 714. The Morgan fingerprint density at radius 1 is 1.08 bits per heavy atom. The average Bonchev–Trinajstić information content (AvgIpc) is 2.67. The molecule has 2 aromatic rings. The summed E-state index contributed by atoms with van der Waals surface area (Å²) in [4.78, 5) is 8.81. The number of methoxy groups -OCH3 is 2. The molecule has 26 heavy (non-hydrogen) atoms. The van der Waals surface area contributed by atoms with Crippen LogP contribution in [0.3, 0.4) is 0 Å². The zero-order valence-corrected chi connectivity index (χ0v) is 16.0. The Labute approximate surface area is 155 Å². The predicted octanol–water partition coefficient (Wildman–Crippen LogP) is 2.71. The van der Waals surface area contributed by atoms with E-state index in [0.717, 1.165) is 42.3 Å². The molecule has 0 unspecified atom stereocenters. The molecular formula is C20H28N4O2. The molecule has 0 atom stereocenters. The highest BCUT2D eigenvalue weighted by atomic mass is 16.5. The van der Waals surface area contributed by atoms with Gasteiger partial charge in [-0.3, -0.25) is 0 Å². The third kappa shape index (κ3) is 5.95. The monoisotopic (exact) mass is 356 g/mol. The molecule has 1 heterocycles. The van der Waals surface area contributed by atoms with Crippen molar-refractivity contribution in [3.8, 4) is 11.6 Å². The van der Waals surface area contributed by atoms with Gasteiger partial charge in [-0.05, 0) is 43.0 Å². The number of nitrogens with one attached hydrogen (secondary N) is 2. The van der Waals surface area contributed by atoms with Crippen molar-refractivity contribution in [3.63, 3.8) is 0 Å². The van der Waals surface area contributed by atoms with Crippen molar-refractivity contribution in [2.75, 3.05) is 27.3 Å². The standard InChI is InChI=1S/C20H28N4O2/c1-5-21-20(24-14-17-8-9-19(26-4)23-13-17)22-11-10-16-7-6-15(2)18(12-16)25-3/h6-9,12-13H,5,10-11,14H2,1-4H3,(H2,21,22,24). The lowest BCUT2D eigenvalue weighted by Gasteiger charge is -2.12. The quantitative estimate of drug-likeness (QED) is 0.562. The number of nitrogens with zero attached hydrogens (tertiary/aromatic N) is 2. The van der Waals surface area contributed by atoms with Gasteiger partial charge >= 0.3 is 0 Å². The molecule has 6 nitrogen and oxygen atoms in total. The van der Waals surface area contributed by atoms with Crippen LogP contribution < -0.4 is 20.1 Å². The van der Waals surface area contributed by atoms with E-state index in [9.17, 15) is 0 Å². The van der Waals surface area contributed by atoms with Gasteiger partial charge in [0.2, 0.25) is 5.88 Å². The molecule has 0 bridgehead atoms. The van der Waals surface area contributed by atoms with Crippen LogP contribution in [0.15, 0.2) is 41.5 Å². The maximum atomic E-state index is 5.38. The first-order valence-corrected chi connectivity index (χ1v) is 8.81. The van der Waals surface area contributed by atoms with Gasteiger partial charge in [0.1, 0.15) is 5.75 Å². The Balaban J connectivity index is 1.90. The van der Waals surface area contributed by atoms with Crippen LogP contribution in [0.5, 0.6) is 11.6 Å². The number of guanidine groups is 1. The highest BCUT2D eigenvalue weighted by molar-refractivity contribution is 5.79. The van der Waals surface area contributed by atoms with Crippen molar-refractivity contribution in [2.45, 2.75) is 26.8 Å². The van der Waals surface area contributed by atoms with Gasteiger partial charge in [0.25, 0.3) is 0 Å². The van der Waals surface area contributed by atoms with E-state index in [1.165, 1.54) is 5.56 Å². The van der Waals surface area contributed by atoms with Crippen LogP contribution >= 0.6 is 0 Å². The van der Waals surface area contributed by atoms with Crippen LogP contribution in [-0.4, -0.2) is 38.3 Å². The molecule has 0 saturated heterocycles. The van der Waals surface area contributed by atoms with E-state index in [-0.39, 0.29) is 0 Å². The molecular weight excluding hydrogens is 328 g/mol. The topological polar surface area (TPSA) is 67.8 Å². The Hall–Kier alpha value is -2.76. The summed E-state index contributed by atoms with van der Waals surface area (Å²) in [5, 5.41) is 6.63. The third-order valence-electron chi connectivity index (χ3n) is 3.95. The fourth-order valence-corrected chi connectivity index (χ4v) is 2.48. The minimum atomic E-state index is 0.560. The van der Waals surface area contributed by atoms with Crippen molar-refractivity contribution in [3.05, 3.63) is 53.2 Å². The van der Waals surface area contributed by atoms with Gasteiger partial charge < -0.3 is 20.1 Å². The molecule has 0 aliphatic carbocycles. The van der Waals surface area contributed by atoms with Crippen LogP contribution in [0, 0.1) is 6.92 Å². The minimum absolute atomic E-state index is 0.560. The summed E-state index contributed by atoms with van der Waals surface area (Å²) in [6.07, 6.45) is 2.68. The maximum Gasteiger partial charge on any atom is 0.212 e. The van der Waals surface area contributed by atoms with E-state index < -0.39 is 0 Å². The number of ether oxygens (including phenoxy) is 2. The van der Waals surface area contributed by atoms with Gasteiger partial charge in [0, 0.05) is 25.4 Å². The normalized spacial score (nSPS) is 11.2. The second kappa shape index (κ2) is 10.3. The molecule has 0 aliphatic heterocycles. The van der Waals surface area contributed by atoms with E-state index in [1.807, 2.05) is 19.1 Å². The molecule has 0 spiro atoms. The number of aryl methyl sites for hydroxylation is 1. The summed E-state index contributed by atoms with van der Waals surface area (Å²) < 4.78 is 10.5. The smallest absolute Gasteiger partial charge is 0.212 e. The Kier molecular flexibility index (Phi) is 7.74. The maximum absolute atomic E-state index is 5.38. The zero-order chi connectivity index (χ0) is 18.8. The molecule has 6 heteroatoms. The summed E-state index contributed by atoms with van der Waals surface area (Å²) in [5.41, 5.74) is 3.41. The number of rotatable bonds is 8. The fraction of sp³-hybridized carbons (Fsp3) is 0.400. The minimum Gasteiger partial charge on any atom is -0.496 e. The first-order valence-electron chi connectivity index (χ1n) is 8.81. The van der Waals surface area contributed by atoms with Crippen LogP contribution in [0.1, 0.15) is 23.6 Å². The second-order valence-electron chi connectivity index (χ2n) is 5.88. The lowest BCUT2D eigenvalue weighted by Crippen LogP contribution is -2.38. The number of hydrogen-bond acceptors (Lipinski definition) is 4. The fourth-order valence-electron chi connectivity index (χ4n) is 2.48. The van der Waals surface area contributed by atoms with Gasteiger partial charge in [-0.1, -0.05) is 18.2 Å². The second-order valence-corrected chi connectivity index (χ2v) is 5.88. The SMILES string of the molecule is CCNC(=NCc1ccc(OC)nc1)NCCc1ccc(C)c(OC)c1. The number of hydrogen-bond donors (Lipinski definition) is 2. The van der Waals surface area contributed by atoms with Crippen LogP contribution in [0.25, 0.3) is 0 Å². The molecule has 0 saturated carbocycles. The first kappa shape index (κ1) is 19.6. The molecule has 140 valence electrons. The molecule has 1 aromatic carbocycles. The number of pyridine rings is 1. The van der Waals surface area contributed by atoms with E-state index >= 15 is 0 Å². The predicted molar refractivity (Wildman–Crippen MR) is 105 cm³/mol. The van der Waals surface area contributed by atoms with E-state index in [0.29, 0.717) is 12.4 Å². The van der Waals surface area contributed by atoms with Crippen molar-refractivity contribution in [2.24, 2.45) is 4.99 Å². The largest absolute Gasteiger partial charge is 0.496 e. The summed E-state index contributed by atoms with van der Waals surface area (Å²) in [7, 11) is 3.31. The van der Waals surface area contributed by atoms with Gasteiger partial charge in [-0.25, -0.2) is 9.98 Å². The number of aliphatic imine (C=N–C) groups is 1. The molecule has 2 rings (SSSR count). The average molecular weight is 356 g/mol. The van der Waals surface area contributed by atoms with Gasteiger partial charge in [-0.2, -0.15) is 0 Å². The van der Waals surface area contributed by atoms with E-state index in [1.54, 1.807) is 20.4 Å². The van der Waals surface area contributed by atoms with E-state index in [4.69, 9.17) is 9.47 Å². The van der Waals surface area contributed by atoms with Gasteiger partial charge in [0.05, 0.1) is 20.8 Å².